The van der Waals surface area contributed by atoms with Crippen LogP contribution >= 0.6 is 0 Å². The van der Waals surface area contributed by atoms with E-state index in [-0.39, 0.29) is 0 Å². The molecule has 0 aliphatic rings. The fraction of sp³-hybridized carbons (Fsp3) is 0.0952. The van der Waals surface area contributed by atoms with Crippen molar-refractivity contribution in [1.82, 2.24) is 30.6 Å². The number of anilines is 1. The summed E-state index contributed by atoms with van der Waals surface area (Å²) in [5.74, 6) is 2.21. The van der Waals surface area contributed by atoms with Gasteiger partial charge in [-0.2, -0.15) is 5.21 Å². The highest BCUT2D eigenvalue weighted by Crippen LogP contribution is 2.34. The molecule has 0 spiro atoms. The van der Waals surface area contributed by atoms with Gasteiger partial charge in [0.05, 0.1) is 0 Å². The average Bonchev–Trinajstić information content (AvgIpc) is 3.44. The second kappa shape index (κ2) is 6.83. The minimum atomic E-state index is 0.554. The third kappa shape index (κ3) is 3.10. The first-order valence-corrected chi connectivity index (χ1v) is 9.05. The van der Waals surface area contributed by atoms with Gasteiger partial charge < -0.3 is 9.32 Å². The summed E-state index contributed by atoms with van der Waals surface area (Å²) in [6.07, 6.45) is 3.64. The van der Waals surface area contributed by atoms with Gasteiger partial charge in [-0.05, 0) is 23.4 Å². The summed E-state index contributed by atoms with van der Waals surface area (Å²) in [7, 11) is 3.94. The van der Waals surface area contributed by atoms with Gasteiger partial charge in [0.15, 0.2) is 5.58 Å². The van der Waals surface area contributed by atoms with Crippen molar-refractivity contribution in [3.63, 3.8) is 0 Å². The first kappa shape index (κ1) is 17.1. The number of rotatable bonds is 4. The van der Waals surface area contributed by atoms with Crippen LogP contribution < -0.4 is 4.90 Å². The molecule has 0 unspecified atom stereocenters. The lowest BCUT2D eigenvalue weighted by Crippen LogP contribution is -2.09. The Morgan fingerprint density at radius 1 is 0.897 bits per heavy atom. The van der Waals surface area contributed by atoms with Crippen LogP contribution in [0.15, 0.2) is 65.3 Å². The molecule has 4 heterocycles. The number of H-pyrrole nitrogens is 1. The van der Waals surface area contributed by atoms with Crippen molar-refractivity contribution >= 4 is 16.9 Å². The molecule has 5 aromatic rings. The molecule has 0 atom stereocenters. The van der Waals surface area contributed by atoms with E-state index in [1.807, 2.05) is 73.7 Å². The van der Waals surface area contributed by atoms with E-state index in [0.717, 1.165) is 44.9 Å². The number of fused-ring (bicyclic) bond motifs is 1. The summed E-state index contributed by atoms with van der Waals surface area (Å²) in [6, 6.07) is 15.7. The molecule has 0 saturated carbocycles. The van der Waals surface area contributed by atoms with Crippen molar-refractivity contribution in [3.05, 3.63) is 60.9 Å². The molecule has 8 heteroatoms. The van der Waals surface area contributed by atoms with Crippen LogP contribution in [0.1, 0.15) is 0 Å². The molecule has 142 valence electrons. The van der Waals surface area contributed by atoms with Crippen molar-refractivity contribution in [2.45, 2.75) is 0 Å². The molecule has 0 bridgehead atoms. The predicted octanol–water partition coefficient (Wildman–Crippen LogP) is 3.80. The highest BCUT2D eigenvalue weighted by molar-refractivity contribution is 5.92. The zero-order chi connectivity index (χ0) is 19.8. The number of benzene rings is 1. The van der Waals surface area contributed by atoms with Crippen molar-refractivity contribution in [1.29, 1.82) is 0 Å². The summed E-state index contributed by atoms with van der Waals surface area (Å²) >= 11 is 0. The number of nitrogens with one attached hydrogen (secondary N) is 1. The molecule has 0 saturated heterocycles. The van der Waals surface area contributed by atoms with E-state index < -0.39 is 0 Å². The number of hydrogen-bond donors (Lipinski definition) is 1. The van der Waals surface area contributed by atoms with Gasteiger partial charge >= 0.3 is 0 Å². The Kier molecular flexibility index (Phi) is 4.02. The van der Waals surface area contributed by atoms with Gasteiger partial charge in [0.2, 0.25) is 5.82 Å². The second-order valence-electron chi connectivity index (χ2n) is 6.80. The van der Waals surface area contributed by atoms with Crippen LogP contribution in [-0.2, 0) is 0 Å². The highest BCUT2D eigenvalue weighted by Gasteiger charge is 2.13. The third-order valence-electron chi connectivity index (χ3n) is 4.70. The number of pyridine rings is 2. The van der Waals surface area contributed by atoms with E-state index in [4.69, 9.17) is 4.42 Å². The zero-order valence-corrected chi connectivity index (χ0v) is 15.9. The lowest BCUT2D eigenvalue weighted by molar-refractivity contribution is 0.632. The maximum Gasteiger partial charge on any atom is 0.204 e. The van der Waals surface area contributed by atoms with Gasteiger partial charge in [-0.25, -0.2) is 4.98 Å². The first-order chi connectivity index (χ1) is 14.2. The van der Waals surface area contributed by atoms with Crippen molar-refractivity contribution in [2.24, 2.45) is 0 Å². The molecule has 1 N–H and O–H groups in total. The molecule has 0 aliphatic carbocycles. The SMILES string of the molecule is CN(C)c1ccc(-c2ccnc3cc(-c4ccc(-c5nn[nH]n5)cc4)oc23)cn1. The van der Waals surface area contributed by atoms with Gasteiger partial charge in [-0.15, -0.1) is 10.2 Å². The van der Waals surface area contributed by atoms with Crippen LogP contribution in [0.3, 0.4) is 0 Å². The topological polar surface area (TPSA) is 96.6 Å². The standard InChI is InChI=1S/C21H17N7O/c1-28(2)19-8-7-15(12-23-19)16-9-10-22-17-11-18(29-20(16)17)13-3-5-14(6-4-13)21-24-26-27-25-21/h3-12H,1-2H3,(H,24,25,26,27). The van der Waals surface area contributed by atoms with E-state index in [2.05, 4.69) is 30.6 Å². The lowest BCUT2D eigenvalue weighted by atomic mass is 10.1. The van der Waals surface area contributed by atoms with E-state index in [1.165, 1.54) is 0 Å². The Morgan fingerprint density at radius 2 is 1.69 bits per heavy atom. The van der Waals surface area contributed by atoms with Crippen molar-refractivity contribution in [3.8, 4) is 33.8 Å². The van der Waals surface area contributed by atoms with Crippen LogP contribution in [0.25, 0.3) is 44.9 Å². The second-order valence-corrected chi connectivity index (χ2v) is 6.80. The molecule has 29 heavy (non-hydrogen) atoms. The molecule has 0 amide bonds. The molecule has 5 rings (SSSR count). The fourth-order valence-corrected chi connectivity index (χ4v) is 3.19. The molecular weight excluding hydrogens is 366 g/mol. The molecule has 0 aliphatic heterocycles. The number of aromatic nitrogens is 6. The quantitative estimate of drug-likeness (QED) is 0.504. The molecular formula is C21H17N7O. The summed E-state index contributed by atoms with van der Waals surface area (Å²) in [5, 5.41) is 14.0. The van der Waals surface area contributed by atoms with Crippen molar-refractivity contribution in [2.75, 3.05) is 19.0 Å². The van der Waals surface area contributed by atoms with Crippen LogP contribution in [-0.4, -0.2) is 44.7 Å². The minimum absolute atomic E-state index is 0.554. The minimum Gasteiger partial charge on any atom is -0.454 e. The Bertz CT molecular complexity index is 1260. The Labute approximate surface area is 166 Å². The fourth-order valence-electron chi connectivity index (χ4n) is 3.19. The van der Waals surface area contributed by atoms with Crippen LogP contribution in [0.4, 0.5) is 5.82 Å². The predicted molar refractivity (Wildman–Crippen MR) is 110 cm³/mol. The van der Waals surface area contributed by atoms with Crippen molar-refractivity contribution < 1.29 is 4.42 Å². The molecule has 0 radical (unpaired) electrons. The van der Waals surface area contributed by atoms with Gasteiger partial charge in [-0.3, -0.25) is 4.98 Å². The van der Waals surface area contributed by atoms with E-state index in [0.29, 0.717) is 5.82 Å². The number of tetrazole rings is 1. The monoisotopic (exact) mass is 383 g/mol. The highest BCUT2D eigenvalue weighted by atomic mass is 16.3. The lowest BCUT2D eigenvalue weighted by Gasteiger charge is -2.11. The average molecular weight is 383 g/mol. The van der Waals surface area contributed by atoms with Crippen LogP contribution in [0.2, 0.25) is 0 Å². The van der Waals surface area contributed by atoms with Gasteiger partial charge in [0.1, 0.15) is 17.1 Å². The Morgan fingerprint density at radius 3 is 2.38 bits per heavy atom. The summed E-state index contributed by atoms with van der Waals surface area (Å²) in [4.78, 5) is 10.9. The molecule has 0 fully saturated rings. The largest absolute Gasteiger partial charge is 0.454 e. The Hall–Kier alpha value is -4.07. The number of aromatic amines is 1. The number of furan rings is 1. The smallest absolute Gasteiger partial charge is 0.204 e. The van der Waals surface area contributed by atoms with E-state index in [1.54, 1.807) is 6.20 Å². The first-order valence-electron chi connectivity index (χ1n) is 9.05. The molecule has 4 aromatic heterocycles. The maximum atomic E-state index is 6.20. The Balaban J connectivity index is 1.53. The van der Waals surface area contributed by atoms with Gasteiger partial charge in [0.25, 0.3) is 0 Å². The van der Waals surface area contributed by atoms with E-state index >= 15 is 0 Å². The molecule has 1 aromatic carbocycles. The van der Waals surface area contributed by atoms with Gasteiger partial charge in [-0.1, -0.05) is 24.3 Å². The third-order valence-corrected chi connectivity index (χ3v) is 4.70. The van der Waals surface area contributed by atoms with Crippen LogP contribution in [0.5, 0.6) is 0 Å². The normalized spacial score (nSPS) is 11.1. The molecule has 8 nitrogen and oxygen atoms in total. The van der Waals surface area contributed by atoms with Gasteiger partial charge in [0, 0.05) is 54.8 Å². The summed E-state index contributed by atoms with van der Waals surface area (Å²) in [6.45, 7) is 0. The summed E-state index contributed by atoms with van der Waals surface area (Å²) in [5.41, 5.74) is 5.31. The summed E-state index contributed by atoms with van der Waals surface area (Å²) < 4.78 is 6.20. The zero-order valence-electron chi connectivity index (χ0n) is 15.9. The van der Waals surface area contributed by atoms with Crippen LogP contribution in [0, 0.1) is 0 Å². The van der Waals surface area contributed by atoms with E-state index in [9.17, 15) is 0 Å². The number of hydrogen-bond acceptors (Lipinski definition) is 7. The maximum absolute atomic E-state index is 6.20. The number of nitrogens with zero attached hydrogens (tertiary/aromatic N) is 6.